The van der Waals surface area contributed by atoms with Gasteiger partial charge in [0.05, 0.1) is 0 Å². The van der Waals surface area contributed by atoms with Crippen molar-refractivity contribution in [2.24, 2.45) is 13.0 Å². The first-order valence-electron chi connectivity index (χ1n) is 7.32. The number of likely N-dealkylation sites (tertiary alicyclic amines) is 1. The first-order chi connectivity index (χ1) is 10.2. The van der Waals surface area contributed by atoms with Gasteiger partial charge >= 0.3 is 0 Å². The highest BCUT2D eigenvalue weighted by atomic mass is 32.2. The van der Waals surface area contributed by atoms with E-state index in [0.29, 0.717) is 5.92 Å². The maximum Gasteiger partial charge on any atom is 0.270 e. The van der Waals surface area contributed by atoms with E-state index in [1.165, 1.54) is 4.90 Å². The molecule has 0 bridgehead atoms. The molecule has 1 aromatic heterocycles. The number of carbonyl (C=O) groups excluding carboxylic acids is 1. The predicted molar refractivity (Wildman–Crippen MR) is 86.6 cm³/mol. The average molecular weight is 300 g/mol. The second-order valence-electron chi connectivity index (χ2n) is 5.53. The Hall–Kier alpha value is -1.68. The standard InChI is InChI=1S/C17H20N2OS/c1-18-10-5-8-16(18)17(20)19-11-9-14(12-19)13-21-15-6-3-2-4-7-15/h2-8,10,14H,9,11-13H2,1H3. The molecule has 3 rings (SSSR count). The van der Waals surface area contributed by atoms with E-state index in [-0.39, 0.29) is 5.91 Å². The van der Waals surface area contributed by atoms with Crippen LogP contribution in [-0.2, 0) is 7.05 Å². The Morgan fingerprint density at radius 2 is 2.05 bits per heavy atom. The zero-order valence-electron chi connectivity index (χ0n) is 12.2. The molecule has 3 nitrogen and oxygen atoms in total. The molecule has 110 valence electrons. The Morgan fingerprint density at radius 1 is 1.24 bits per heavy atom. The molecule has 2 aromatic rings. The van der Waals surface area contributed by atoms with Crippen LogP contribution in [0, 0.1) is 5.92 Å². The smallest absolute Gasteiger partial charge is 0.270 e. The molecule has 0 radical (unpaired) electrons. The van der Waals surface area contributed by atoms with Gasteiger partial charge in [0.1, 0.15) is 5.69 Å². The number of aromatic nitrogens is 1. The van der Waals surface area contributed by atoms with Crippen molar-refractivity contribution in [3.05, 3.63) is 54.4 Å². The van der Waals surface area contributed by atoms with Gasteiger partial charge in [0.15, 0.2) is 0 Å². The molecule has 0 aliphatic carbocycles. The van der Waals surface area contributed by atoms with Gasteiger partial charge in [-0.05, 0) is 36.6 Å². The SMILES string of the molecule is Cn1cccc1C(=O)N1CCC(CSc2ccccc2)C1. The third kappa shape index (κ3) is 3.32. The van der Waals surface area contributed by atoms with Gasteiger partial charge in [-0.15, -0.1) is 11.8 Å². The van der Waals surface area contributed by atoms with Crippen LogP contribution in [0.4, 0.5) is 0 Å². The molecular formula is C17H20N2OS. The van der Waals surface area contributed by atoms with Gasteiger partial charge in [-0.3, -0.25) is 4.79 Å². The summed E-state index contributed by atoms with van der Waals surface area (Å²) in [6, 6.07) is 14.3. The summed E-state index contributed by atoms with van der Waals surface area (Å²) in [4.78, 5) is 15.7. The lowest BCUT2D eigenvalue weighted by Gasteiger charge is -2.17. The summed E-state index contributed by atoms with van der Waals surface area (Å²) in [5, 5.41) is 0. The Balaban J connectivity index is 1.54. The average Bonchev–Trinajstić information content (AvgIpc) is 3.14. The minimum Gasteiger partial charge on any atom is -0.347 e. The first kappa shape index (κ1) is 14.3. The molecule has 1 unspecified atom stereocenters. The minimum absolute atomic E-state index is 0.162. The molecule has 1 amide bonds. The van der Waals surface area contributed by atoms with Crippen molar-refractivity contribution in [2.45, 2.75) is 11.3 Å². The van der Waals surface area contributed by atoms with E-state index < -0.39 is 0 Å². The second kappa shape index (κ2) is 6.39. The molecular weight excluding hydrogens is 280 g/mol. The Bertz CT molecular complexity index is 608. The van der Waals surface area contributed by atoms with Crippen molar-refractivity contribution in [1.82, 2.24) is 9.47 Å². The van der Waals surface area contributed by atoms with Crippen molar-refractivity contribution in [3.8, 4) is 0 Å². The summed E-state index contributed by atoms with van der Waals surface area (Å²) in [5.74, 6) is 1.84. The summed E-state index contributed by atoms with van der Waals surface area (Å²) in [6.45, 7) is 1.76. The fourth-order valence-corrected chi connectivity index (χ4v) is 3.78. The Morgan fingerprint density at radius 3 is 2.76 bits per heavy atom. The molecule has 4 heteroatoms. The van der Waals surface area contributed by atoms with Crippen LogP contribution in [0.1, 0.15) is 16.9 Å². The van der Waals surface area contributed by atoms with Crippen LogP contribution in [0.15, 0.2) is 53.6 Å². The highest BCUT2D eigenvalue weighted by Gasteiger charge is 2.27. The van der Waals surface area contributed by atoms with Gasteiger partial charge in [0, 0.05) is 37.0 Å². The molecule has 1 aliphatic rings. The van der Waals surface area contributed by atoms with E-state index in [9.17, 15) is 4.79 Å². The van der Waals surface area contributed by atoms with Crippen molar-refractivity contribution in [1.29, 1.82) is 0 Å². The van der Waals surface area contributed by atoms with E-state index in [4.69, 9.17) is 0 Å². The molecule has 21 heavy (non-hydrogen) atoms. The summed E-state index contributed by atoms with van der Waals surface area (Å²) in [6.07, 6.45) is 3.03. The van der Waals surface area contributed by atoms with E-state index in [1.807, 2.05) is 52.7 Å². The molecule has 1 fully saturated rings. The number of thioether (sulfide) groups is 1. The van der Waals surface area contributed by atoms with Crippen molar-refractivity contribution < 1.29 is 4.79 Å². The molecule has 0 spiro atoms. The van der Waals surface area contributed by atoms with Crippen LogP contribution in [0.5, 0.6) is 0 Å². The molecule has 1 saturated heterocycles. The third-order valence-electron chi connectivity index (χ3n) is 3.96. The number of rotatable bonds is 4. The molecule has 2 heterocycles. The van der Waals surface area contributed by atoms with Crippen LogP contribution in [-0.4, -0.2) is 34.2 Å². The molecule has 0 N–H and O–H groups in total. The number of amides is 1. The van der Waals surface area contributed by atoms with Gasteiger partial charge < -0.3 is 9.47 Å². The fraction of sp³-hybridized carbons (Fsp3) is 0.353. The lowest BCUT2D eigenvalue weighted by molar-refractivity contribution is 0.0779. The van der Waals surface area contributed by atoms with Crippen LogP contribution in [0.25, 0.3) is 0 Å². The Kier molecular flexibility index (Phi) is 4.34. The highest BCUT2D eigenvalue weighted by molar-refractivity contribution is 7.99. The third-order valence-corrected chi connectivity index (χ3v) is 5.21. The van der Waals surface area contributed by atoms with Gasteiger partial charge in [-0.2, -0.15) is 0 Å². The summed E-state index contributed by atoms with van der Waals surface area (Å²) in [7, 11) is 1.92. The number of benzene rings is 1. The maximum atomic E-state index is 12.4. The quantitative estimate of drug-likeness (QED) is 0.810. The molecule has 0 saturated carbocycles. The Labute approximate surface area is 130 Å². The summed E-state index contributed by atoms with van der Waals surface area (Å²) >= 11 is 1.89. The van der Waals surface area contributed by atoms with E-state index in [1.54, 1.807) is 0 Å². The van der Waals surface area contributed by atoms with E-state index in [2.05, 4.69) is 24.3 Å². The topological polar surface area (TPSA) is 25.2 Å². The highest BCUT2D eigenvalue weighted by Crippen LogP contribution is 2.26. The first-order valence-corrected chi connectivity index (χ1v) is 8.31. The summed E-state index contributed by atoms with van der Waals surface area (Å²) < 4.78 is 1.90. The number of aryl methyl sites for hydroxylation is 1. The maximum absolute atomic E-state index is 12.4. The summed E-state index contributed by atoms with van der Waals surface area (Å²) in [5.41, 5.74) is 0.784. The molecule has 1 aliphatic heterocycles. The van der Waals surface area contributed by atoms with Crippen molar-refractivity contribution >= 4 is 17.7 Å². The molecule has 1 aromatic carbocycles. The van der Waals surface area contributed by atoms with Gasteiger partial charge in [0.2, 0.25) is 0 Å². The van der Waals surface area contributed by atoms with Crippen molar-refractivity contribution in [2.75, 3.05) is 18.8 Å². The van der Waals surface area contributed by atoms with Crippen LogP contribution >= 0.6 is 11.8 Å². The predicted octanol–water partition coefficient (Wildman–Crippen LogP) is 3.28. The number of carbonyl (C=O) groups is 1. The number of hydrogen-bond donors (Lipinski definition) is 0. The van der Waals surface area contributed by atoms with Gasteiger partial charge in [-0.25, -0.2) is 0 Å². The fourth-order valence-electron chi connectivity index (χ4n) is 2.73. The van der Waals surface area contributed by atoms with Gasteiger partial charge in [0.25, 0.3) is 5.91 Å². The van der Waals surface area contributed by atoms with Crippen LogP contribution < -0.4 is 0 Å². The van der Waals surface area contributed by atoms with Gasteiger partial charge in [-0.1, -0.05) is 18.2 Å². The minimum atomic E-state index is 0.162. The zero-order valence-corrected chi connectivity index (χ0v) is 13.1. The zero-order chi connectivity index (χ0) is 14.7. The molecule has 1 atom stereocenters. The van der Waals surface area contributed by atoms with E-state index >= 15 is 0 Å². The van der Waals surface area contributed by atoms with Crippen LogP contribution in [0.3, 0.4) is 0 Å². The van der Waals surface area contributed by atoms with Crippen molar-refractivity contribution in [3.63, 3.8) is 0 Å². The number of hydrogen-bond acceptors (Lipinski definition) is 2. The van der Waals surface area contributed by atoms with E-state index in [0.717, 1.165) is 31.0 Å². The largest absolute Gasteiger partial charge is 0.347 e. The monoisotopic (exact) mass is 300 g/mol. The lowest BCUT2D eigenvalue weighted by atomic mass is 10.2. The van der Waals surface area contributed by atoms with Crippen LogP contribution in [0.2, 0.25) is 0 Å². The second-order valence-corrected chi connectivity index (χ2v) is 6.63. The number of nitrogens with zero attached hydrogens (tertiary/aromatic N) is 2. The lowest BCUT2D eigenvalue weighted by Crippen LogP contribution is -2.30. The normalized spacial score (nSPS) is 18.1.